The molecule has 0 amide bonds. The van der Waals surface area contributed by atoms with Crippen molar-refractivity contribution >= 4 is 23.3 Å². The van der Waals surface area contributed by atoms with Crippen LogP contribution in [0.3, 0.4) is 0 Å². The van der Waals surface area contributed by atoms with Crippen molar-refractivity contribution in [1.82, 2.24) is 9.97 Å². The second-order valence-corrected chi connectivity index (χ2v) is 10.4. The largest absolute Gasteiger partial charge is 0.490 e. The number of benzene rings is 2. The molecule has 0 aliphatic heterocycles. The van der Waals surface area contributed by atoms with E-state index in [1.165, 1.54) is 24.6 Å². The predicted octanol–water partition coefficient (Wildman–Crippen LogP) is 6.00. The first kappa shape index (κ1) is 24.6. The van der Waals surface area contributed by atoms with Gasteiger partial charge in [0.05, 0.1) is 26.1 Å². The van der Waals surface area contributed by atoms with Crippen LogP contribution in [0.15, 0.2) is 67.3 Å². The molecule has 1 heterocycles. The summed E-state index contributed by atoms with van der Waals surface area (Å²) in [5, 5.41) is 4.15. The third-order valence-corrected chi connectivity index (χ3v) is 8.32. The first-order valence-corrected chi connectivity index (χ1v) is 13.0. The smallest absolute Gasteiger partial charge is 0.331 e. The van der Waals surface area contributed by atoms with Crippen molar-refractivity contribution in [3.05, 3.63) is 83.4 Å². The molecule has 0 radical (unpaired) electrons. The summed E-state index contributed by atoms with van der Waals surface area (Å²) < 4.78 is 11.2. The second-order valence-electron chi connectivity index (χ2n) is 9.99. The lowest BCUT2D eigenvalue weighted by atomic mass is 9.60. The van der Waals surface area contributed by atoms with Gasteiger partial charge in [-0.25, -0.2) is 14.8 Å². The normalized spacial score (nSPS) is 24.8. The Kier molecular flexibility index (Phi) is 7.15. The highest BCUT2D eigenvalue weighted by atomic mass is 35.5. The van der Waals surface area contributed by atoms with Gasteiger partial charge in [-0.15, -0.1) is 0 Å². The number of carbonyl (C=O) groups excluding carboxylic acids is 1. The number of esters is 1. The van der Waals surface area contributed by atoms with Gasteiger partial charge >= 0.3 is 5.97 Å². The number of aromatic nitrogens is 2. The molecule has 1 N–H and O–H groups in total. The first-order valence-electron chi connectivity index (χ1n) is 12.6. The van der Waals surface area contributed by atoms with Crippen molar-refractivity contribution in [3.63, 3.8) is 0 Å². The van der Waals surface area contributed by atoms with Gasteiger partial charge in [-0.2, -0.15) is 0 Å². The zero-order valence-electron chi connectivity index (χ0n) is 20.6. The molecule has 2 aliphatic carbocycles. The zero-order chi connectivity index (χ0) is 25.0. The number of nitrogens with one attached hydrogen (secondary N) is 1. The van der Waals surface area contributed by atoms with Gasteiger partial charge in [0.1, 0.15) is 11.9 Å². The van der Waals surface area contributed by atoms with Crippen LogP contribution >= 0.6 is 11.6 Å². The van der Waals surface area contributed by atoms with Crippen LogP contribution in [0.4, 0.5) is 5.69 Å². The first-order chi connectivity index (χ1) is 17.5. The minimum absolute atomic E-state index is 0.0555. The maximum atomic E-state index is 13.1. The highest BCUT2D eigenvalue weighted by molar-refractivity contribution is 6.30. The fraction of sp³-hybridized carbons (Fsp3) is 0.414. The molecule has 5 rings (SSSR count). The lowest BCUT2D eigenvalue weighted by molar-refractivity contribution is -0.148. The number of carbonyl (C=O) groups is 1. The molecule has 0 saturated heterocycles. The van der Waals surface area contributed by atoms with Gasteiger partial charge in [-0.1, -0.05) is 41.9 Å². The van der Waals surface area contributed by atoms with Crippen molar-refractivity contribution in [2.45, 2.75) is 55.9 Å². The molecule has 3 aromatic rings. The molecular formula is C29H32ClN3O3. The molecule has 1 spiro atoms. The van der Waals surface area contributed by atoms with Gasteiger partial charge < -0.3 is 14.8 Å². The lowest BCUT2D eigenvalue weighted by Gasteiger charge is -2.47. The van der Waals surface area contributed by atoms with Crippen LogP contribution in [0.25, 0.3) is 0 Å². The topological polar surface area (TPSA) is 73.3 Å². The Labute approximate surface area is 217 Å². The molecule has 2 aromatic carbocycles. The van der Waals surface area contributed by atoms with Gasteiger partial charge in [-0.3, -0.25) is 0 Å². The van der Waals surface area contributed by atoms with E-state index in [0.717, 1.165) is 37.8 Å². The van der Waals surface area contributed by atoms with Gasteiger partial charge in [0.25, 0.3) is 0 Å². The molecule has 188 valence electrons. The Bertz CT molecular complexity index is 1200. The molecular weight excluding hydrogens is 474 g/mol. The van der Waals surface area contributed by atoms with E-state index in [4.69, 9.17) is 21.1 Å². The van der Waals surface area contributed by atoms with Crippen LogP contribution in [0, 0.1) is 5.92 Å². The minimum Gasteiger partial charge on any atom is -0.490 e. The molecule has 6 nitrogen and oxygen atoms in total. The summed E-state index contributed by atoms with van der Waals surface area (Å²) in [7, 11) is 1.47. The summed E-state index contributed by atoms with van der Waals surface area (Å²) in [6, 6.07) is 16.4. The van der Waals surface area contributed by atoms with Crippen molar-refractivity contribution in [1.29, 1.82) is 0 Å². The molecule has 1 aromatic heterocycles. The van der Waals surface area contributed by atoms with Crippen molar-refractivity contribution in [3.8, 4) is 5.75 Å². The van der Waals surface area contributed by atoms with Crippen LogP contribution in [-0.2, 0) is 21.4 Å². The third-order valence-electron chi connectivity index (χ3n) is 8.08. The van der Waals surface area contributed by atoms with Gasteiger partial charge in [-0.05, 0) is 85.6 Å². The van der Waals surface area contributed by atoms with Crippen molar-refractivity contribution in [2.75, 3.05) is 19.0 Å². The van der Waals surface area contributed by atoms with Gasteiger partial charge in [0.2, 0.25) is 0 Å². The van der Waals surface area contributed by atoms with E-state index in [9.17, 15) is 4.79 Å². The van der Waals surface area contributed by atoms with E-state index in [-0.39, 0.29) is 11.4 Å². The summed E-state index contributed by atoms with van der Waals surface area (Å²) in [6.07, 6.45) is 11.2. The minimum atomic E-state index is -0.761. The highest BCUT2D eigenvalue weighted by Crippen LogP contribution is 2.55. The Hall–Kier alpha value is -3.12. The molecule has 1 fully saturated rings. The van der Waals surface area contributed by atoms with E-state index < -0.39 is 5.54 Å². The number of nitrogens with zero attached hydrogens (tertiary/aromatic N) is 2. The van der Waals surface area contributed by atoms with Crippen LogP contribution in [-0.4, -0.2) is 35.2 Å². The number of halogens is 1. The van der Waals surface area contributed by atoms with E-state index in [2.05, 4.69) is 39.6 Å². The summed E-state index contributed by atoms with van der Waals surface area (Å²) in [5.74, 6) is 1.00. The maximum absolute atomic E-state index is 13.1. The molecule has 0 bridgehead atoms. The Balaban J connectivity index is 1.33. The van der Waals surface area contributed by atoms with Crippen LogP contribution in [0.5, 0.6) is 5.75 Å². The Morgan fingerprint density at radius 1 is 1.08 bits per heavy atom. The lowest BCUT2D eigenvalue weighted by Crippen LogP contribution is -2.53. The second kappa shape index (κ2) is 10.5. The molecule has 7 heteroatoms. The zero-order valence-corrected chi connectivity index (χ0v) is 21.3. The molecule has 36 heavy (non-hydrogen) atoms. The number of ether oxygens (including phenoxy) is 2. The van der Waals surface area contributed by atoms with E-state index in [0.29, 0.717) is 36.1 Å². The number of fused-ring (bicyclic) bond motifs is 2. The molecule has 1 unspecified atom stereocenters. The van der Waals surface area contributed by atoms with E-state index in [1.807, 2.05) is 24.3 Å². The number of methoxy groups -OCH3 is 1. The summed E-state index contributed by atoms with van der Waals surface area (Å²) >= 11 is 6.22. The monoisotopic (exact) mass is 505 g/mol. The SMILES string of the molecule is COC(=O)C1(Nc2cccc(Cl)c2)CCC2(CC1)c1ccccc1CC2CCCOc1cncnc1. The predicted molar refractivity (Wildman–Crippen MR) is 140 cm³/mol. The highest BCUT2D eigenvalue weighted by Gasteiger charge is 2.53. The fourth-order valence-electron chi connectivity index (χ4n) is 6.34. The van der Waals surface area contributed by atoms with Crippen LogP contribution in [0.1, 0.15) is 49.7 Å². The summed E-state index contributed by atoms with van der Waals surface area (Å²) in [6.45, 7) is 0.638. The number of rotatable bonds is 8. The van der Waals surface area contributed by atoms with Gasteiger partial charge in [0.15, 0.2) is 5.75 Å². The molecule has 2 aliphatic rings. The average molecular weight is 506 g/mol. The summed E-state index contributed by atoms with van der Waals surface area (Å²) in [5.41, 5.74) is 3.03. The summed E-state index contributed by atoms with van der Waals surface area (Å²) in [4.78, 5) is 21.1. The van der Waals surface area contributed by atoms with Crippen molar-refractivity contribution in [2.24, 2.45) is 5.92 Å². The standard InChI is InChI=1S/C29H32ClN3O3/c1-35-27(34)29(33-24-9-4-8-23(30)17-24)13-11-28(12-14-29)22(16-21-6-2-3-10-26(21)28)7-5-15-36-25-18-31-20-32-19-25/h2-4,6,8-10,17-20,22,33H,5,7,11-16H2,1H3. The van der Waals surface area contributed by atoms with Crippen molar-refractivity contribution < 1.29 is 14.3 Å². The number of hydrogen-bond donors (Lipinski definition) is 1. The average Bonchev–Trinajstić information content (AvgIpc) is 3.21. The maximum Gasteiger partial charge on any atom is 0.331 e. The molecule has 1 atom stereocenters. The number of anilines is 1. The molecule has 1 saturated carbocycles. The quantitative estimate of drug-likeness (QED) is 0.299. The Morgan fingerprint density at radius 2 is 1.86 bits per heavy atom. The van der Waals surface area contributed by atoms with Crippen LogP contribution < -0.4 is 10.1 Å². The van der Waals surface area contributed by atoms with Crippen LogP contribution in [0.2, 0.25) is 5.02 Å². The van der Waals surface area contributed by atoms with E-state index >= 15 is 0 Å². The third kappa shape index (κ3) is 4.79. The Morgan fingerprint density at radius 3 is 2.61 bits per heavy atom. The fourth-order valence-corrected chi connectivity index (χ4v) is 6.53. The number of hydrogen-bond acceptors (Lipinski definition) is 6. The van der Waals surface area contributed by atoms with E-state index in [1.54, 1.807) is 12.4 Å². The van der Waals surface area contributed by atoms with Gasteiger partial charge in [0, 0.05) is 10.7 Å².